The summed E-state index contributed by atoms with van der Waals surface area (Å²) < 4.78 is 0. The Morgan fingerprint density at radius 1 is 0.864 bits per heavy atom. The lowest BCUT2D eigenvalue weighted by Gasteiger charge is -2.51. The summed E-state index contributed by atoms with van der Waals surface area (Å²) in [6.07, 6.45) is 27.5. The van der Waals surface area contributed by atoms with Crippen LogP contribution in [0.15, 0.2) is 106 Å². The van der Waals surface area contributed by atoms with E-state index in [2.05, 4.69) is 195 Å². The predicted octanol–water partition coefficient (Wildman–Crippen LogP) is 17.6. The molecule has 0 bridgehead atoms. The van der Waals surface area contributed by atoms with Gasteiger partial charge in [0, 0.05) is 28.9 Å². The second-order valence-electron chi connectivity index (χ2n) is 26.4. The number of rotatable bonds is 13. The average Bonchev–Trinajstić information content (AvgIpc) is 3.71. The van der Waals surface area contributed by atoms with Crippen molar-refractivity contribution in [2.24, 2.45) is 33.5 Å². The van der Waals surface area contributed by atoms with Crippen LogP contribution in [-0.2, 0) is 10.8 Å². The van der Waals surface area contributed by atoms with Gasteiger partial charge in [-0.1, -0.05) is 156 Å². The molecule has 0 aromatic heterocycles. The van der Waals surface area contributed by atoms with Crippen molar-refractivity contribution in [3.63, 3.8) is 0 Å². The third kappa shape index (κ3) is 9.43. The maximum atomic E-state index is 4.93. The van der Waals surface area contributed by atoms with E-state index in [1.54, 1.807) is 27.7 Å². The molecule has 4 heteroatoms. The van der Waals surface area contributed by atoms with Crippen molar-refractivity contribution in [1.82, 2.24) is 4.90 Å². The fourth-order valence-electron chi connectivity index (χ4n) is 13.8. The number of thioether (sulfide) groups is 1. The summed E-state index contributed by atoms with van der Waals surface area (Å²) in [7, 11) is 0. The van der Waals surface area contributed by atoms with Crippen molar-refractivity contribution >= 4 is 24.2 Å². The number of hydrogen-bond acceptors (Lipinski definition) is 3. The van der Waals surface area contributed by atoms with E-state index in [0.29, 0.717) is 39.8 Å². The summed E-state index contributed by atoms with van der Waals surface area (Å²) >= 11 is 2.37. The molecule has 1 aromatic rings. The van der Waals surface area contributed by atoms with Crippen molar-refractivity contribution in [3.8, 4) is 0 Å². The van der Waals surface area contributed by atoms with Crippen molar-refractivity contribution in [2.75, 3.05) is 11.9 Å². The summed E-state index contributed by atoms with van der Waals surface area (Å²) in [5.74, 6) is 1.30. The minimum atomic E-state index is 0.133. The van der Waals surface area contributed by atoms with Crippen LogP contribution in [0.2, 0.25) is 0 Å². The van der Waals surface area contributed by atoms with Crippen LogP contribution in [0.5, 0.6) is 0 Å². The molecule has 7 rings (SSSR count). The molecule has 1 saturated carbocycles. The molecule has 1 saturated heterocycles. The highest BCUT2D eigenvalue weighted by Gasteiger charge is 2.56. The fraction of sp³-hybridized carbons (Fsp3) is 0.645. The molecule has 6 aliphatic rings. The SMILES string of the molecule is C=CCCC(=C)C1=CC2=C(CC1N1C(C)=C(/C=C\CC(C)C)B(C3CC4C(S3)C(C)(C)CCC4(C)C)C(CNc3ccc4c(c3C)C(C)(C)CCC4(C)C)=C1/C=C\C)C(C)(C)CCC2(C)C. The van der Waals surface area contributed by atoms with Gasteiger partial charge >= 0.3 is 0 Å². The van der Waals surface area contributed by atoms with E-state index in [0.717, 1.165) is 32.2 Å². The molecule has 4 unspecified atom stereocenters. The van der Waals surface area contributed by atoms with Crippen molar-refractivity contribution in [3.05, 3.63) is 123 Å². The van der Waals surface area contributed by atoms with E-state index in [-0.39, 0.29) is 27.7 Å². The molecular formula is C62H93BN2S. The largest absolute Gasteiger partial charge is 0.382 e. The van der Waals surface area contributed by atoms with E-state index in [4.69, 9.17) is 6.58 Å². The van der Waals surface area contributed by atoms with Crippen LogP contribution in [0.3, 0.4) is 0 Å². The first-order valence-corrected chi connectivity index (χ1v) is 27.4. The molecule has 2 fully saturated rings. The van der Waals surface area contributed by atoms with Gasteiger partial charge in [-0.15, -0.1) is 6.58 Å². The van der Waals surface area contributed by atoms with E-state index in [1.807, 2.05) is 0 Å². The molecule has 2 aliphatic heterocycles. The molecule has 2 heterocycles. The Morgan fingerprint density at radius 2 is 1.52 bits per heavy atom. The standard InChI is InChI=1S/C62H93BN2S/c1-20-22-26-41(5)44-36-46-47(59(12,13)31-30-58(46,10)11)37-53(44)65-43(7)49(27-23-25-40(3)4)63(54-38-48-56(66-54)62(18,19)35-33-60(48,14)15)50(52(65)24-21-2)39-64-51-29-28-45-55(42(51)6)61(16,17)34-32-57(45,8)9/h20-21,23-24,27-29,36,40,48,53-54,56,64H,1,5,22,25-26,30-35,37-39H2,2-4,6-19H3/b24-21-,27-23-. The van der Waals surface area contributed by atoms with Gasteiger partial charge in [0.05, 0.1) is 6.04 Å². The van der Waals surface area contributed by atoms with Crippen LogP contribution in [0, 0.1) is 40.4 Å². The fourth-order valence-corrected chi connectivity index (χ4v) is 16.1. The third-order valence-electron chi connectivity index (χ3n) is 18.4. The molecule has 1 aromatic carbocycles. The number of anilines is 1. The van der Waals surface area contributed by atoms with Gasteiger partial charge in [-0.2, -0.15) is 11.8 Å². The Bertz CT molecular complexity index is 2240. The van der Waals surface area contributed by atoms with Gasteiger partial charge in [0.1, 0.15) is 0 Å². The summed E-state index contributed by atoms with van der Waals surface area (Å²) in [5, 5.41) is 5.42. The lowest BCUT2D eigenvalue weighted by atomic mass is 9.34. The average molecular weight is 909 g/mol. The van der Waals surface area contributed by atoms with Gasteiger partial charge in [-0.05, 0) is 186 Å². The Hall–Kier alpha value is -2.85. The first-order chi connectivity index (χ1) is 30.7. The van der Waals surface area contributed by atoms with Gasteiger partial charge in [0.2, 0.25) is 6.71 Å². The zero-order chi connectivity index (χ0) is 48.5. The molecular weight excluding hydrogens is 816 g/mol. The Kier molecular flexibility index (Phi) is 14.3. The number of fused-ring (bicyclic) bond motifs is 2. The van der Waals surface area contributed by atoms with E-state index < -0.39 is 0 Å². The van der Waals surface area contributed by atoms with E-state index in [9.17, 15) is 0 Å². The minimum absolute atomic E-state index is 0.133. The van der Waals surface area contributed by atoms with Crippen LogP contribution < -0.4 is 5.32 Å². The summed E-state index contributed by atoms with van der Waals surface area (Å²) in [6, 6.07) is 5.06. The van der Waals surface area contributed by atoms with Crippen LogP contribution in [-0.4, -0.2) is 34.6 Å². The molecule has 0 amide bonds. The van der Waals surface area contributed by atoms with E-state index in [1.165, 1.54) is 84.2 Å². The Balaban J connectivity index is 1.46. The first kappa shape index (κ1) is 51.0. The lowest BCUT2D eigenvalue weighted by molar-refractivity contribution is 0.0683. The van der Waals surface area contributed by atoms with Gasteiger partial charge in [0.15, 0.2) is 0 Å². The van der Waals surface area contributed by atoms with Crippen molar-refractivity contribution in [1.29, 1.82) is 0 Å². The quantitative estimate of drug-likeness (QED) is 0.157. The number of benzene rings is 1. The van der Waals surface area contributed by atoms with Crippen LogP contribution in [0.4, 0.5) is 5.69 Å². The highest BCUT2D eigenvalue weighted by atomic mass is 32.2. The lowest BCUT2D eigenvalue weighted by Crippen LogP contribution is -2.48. The Labute approximate surface area is 411 Å². The van der Waals surface area contributed by atoms with E-state index >= 15 is 0 Å². The van der Waals surface area contributed by atoms with Crippen LogP contribution >= 0.6 is 11.8 Å². The highest BCUT2D eigenvalue weighted by Crippen LogP contribution is 2.62. The molecule has 1 N–H and O–H groups in total. The number of allylic oxidation sites excluding steroid dienone is 9. The zero-order valence-corrected chi connectivity index (χ0v) is 46.2. The van der Waals surface area contributed by atoms with Crippen molar-refractivity contribution in [2.45, 2.75) is 216 Å². The minimum Gasteiger partial charge on any atom is -0.382 e. The molecule has 0 spiro atoms. The summed E-state index contributed by atoms with van der Waals surface area (Å²) in [4.78, 5) is 2.85. The Morgan fingerprint density at radius 3 is 2.17 bits per heavy atom. The van der Waals surface area contributed by atoms with Crippen LogP contribution in [0.25, 0.3) is 0 Å². The second kappa shape index (κ2) is 18.5. The molecule has 66 heavy (non-hydrogen) atoms. The number of nitrogens with one attached hydrogen (secondary N) is 1. The van der Waals surface area contributed by atoms with Gasteiger partial charge in [-0.3, -0.25) is 0 Å². The zero-order valence-electron chi connectivity index (χ0n) is 45.3. The highest BCUT2D eigenvalue weighted by molar-refractivity contribution is 8.02. The van der Waals surface area contributed by atoms with Crippen LogP contribution in [0.1, 0.15) is 198 Å². The molecule has 4 atom stereocenters. The maximum Gasteiger partial charge on any atom is 0.224 e. The van der Waals surface area contributed by atoms with Gasteiger partial charge in [-0.25, -0.2) is 0 Å². The predicted molar refractivity (Wildman–Crippen MR) is 295 cm³/mol. The second-order valence-corrected chi connectivity index (χ2v) is 27.8. The normalized spacial score (nSPS) is 28.5. The third-order valence-corrected chi connectivity index (χ3v) is 20.5. The molecule has 0 radical (unpaired) electrons. The monoisotopic (exact) mass is 909 g/mol. The summed E-state index contributed by atoms with van der Waals surface area (Å²) in [6.45, 7) is 52.4. The topological polar surface area (TPSA) is 15.3 Å². The van der Waals surface area contributed by atoms with Gasteiger partial charge < -0.3 is 10.2 Å². The smallest absolute Gasteiger partial charge is 0.224 e. The molecule has 360 valence electrons. The molecule has 4 aliphatic carbocycles. The van der Waals surface area contributed by atoms with Crippen molar-refractivity contribution < 1.29 is 0 Å². The number of nitrogens with zero attached hydrogens (tertiary/aromatic N) is 1. The maximum absolute atomic E-state index is 4.93. The van der Waals surface area contributed by atoms with Gasteiger partial charge in [0.25, 0.3) is 0 Å². The number of hydrogen-bond donors (Lipinski definition) is 1. The molecule has 2 nitrogen and oxygen atoms in total. The first-order valence-electron chi connectivity index (χ1n) is 26.5. The summed E-state index contributed by atoms with van der Waals surface area (Å²) in [5.41, 5.74) is 19.0.